The molecule has 0 spiro atoms. The summed E-state index contributed by atoms with van der Waals surface area (Å²) in [5.41, 5.74) is 0.381. The second-order valence-corrected chi connectivity index (χ2v) is 9.78. The molecule has 0 atom stereocenters. The van der Waals surface area contributed by atoms with Crippen molar-refractivity contribution in [2.75, 3.05) is 11.3 Å². The van der Waals surface area contributed by atoms with E-state index in [-0.39, 0.29) is 34.2 Å². The van der Waals surface area contributed by atoms with E-state index < -0.39 is 10.0 Å². The van der Waals surface area contributed by atoms with E-state index in [9.17, 15) is 13.2 Å². The summed E-state index contributed by atoms with van der Waals surface area (Å²) in [6.07, 6.45) is 6.63. The molecule has 0 unspecified atom stereocenters. The summed E-state index contributed by atoms with van der Waals surface area (Å²) >= 11 is 12.0. The fourth-order valence-electron chi connectivity index (χ4n) is 3.33. The van der Waals surface area contributed by atoms with Gasteiger partial charge in [0.15, 0.2) is 6.61 Å². The number of benzene rings is 2. The molecule has 1 aliphatic carbocycles. The third-order valence-corrected chi connectivity index (χ3v) is 6.82. The van der Waals surface area contributed by atoms with Crippen LogP contribution in [0.3, 0.4) is 0 Å². The molecule has 9 heteroatoms. The van der Waals surface area contributed by atoms with Gasteiger partial charge in [0.2, 0.25) is 0 Å². The Morgan fingerprint density at radius 1 is 1.00 bits per heavy atom. The fourth-order valence-corrected chi connectivity index (χ4v) is 4.84. The maximum Gasteiger partial charge on any atom is 0.261 e. The van der Waals surface area contributed by atoms with Crippen LogP contribution in [0.5, 0.6) is 5.75 Å². The van der Waals surface area contributed by atoms with Gasteiger partial charge in [-0.25, -0.2) is 8.42 Å². The molecule has 1 amide bonds. The van der Waals surface area contributed by atoms with Gasteiger partial charge in [0.05, 0.1) is 9.92 Å². The second kappa shape index (κ2) is 10.4. The van der Waals surface area contributed by atoms with E-state index in [2.05, 4.69) is 10.0 Å². The highest BCUT2D eigenvalue weighted by Crippen LogP contribution is 2.28. The van der Waals surface area contributed by atoms with Crippen LogP contribution >= 0.6 is 23.2 Å². The Hall–Kier alpha value is -1.96. The van der Waals surface area contributed by atoms with E-state index in [0.717, 1.165) is 25.7 Å². The standard InChI is InChI=1S/C21H24Cl2N2O4S/c22-15-7-9-17(10-8-15)25-30(27,28)18-11-12-20(19(23)13-18)29-14-21(26)24-16-5-3-1-2-4-6-16/h7-13,16,25H,1-6,14H2,(H,24,26). The molecule has 0 aromatic heterocycles. The molecule has 2 N–H and O–H groups in total. The van der Waals surface area contributed by atoms with Crippen molar-refractivity contribution in [3.8, 4) is 5.75 Å². The van der Waals surface area contributed by atoms with E-state index in [1.54, 1.807) is 24.3 Å². The molecule has 0 radical (unpaired) electrons. The molecule has 0 aliphatic heterocycles. The van der Waals surface area contributed by atoms with E-state index in [4.69, 9.17) is 27.9 Å². The van der Waals surface area contributed by atoms with Gasteiger partial charge in [0.25, 0.3) is 15.9 Å². The highest BCUT2D eigenvalue weighted by atomic mass is 35.5. The molecular formula is C21H24Cl2N2O4S. The Balaban J connectivity index is 1.58. The van der Waals surface area contributed by atoms with E-state index in [1.807, 2.05) is 0 Å². The highest BCUT2D eigenvalue weighted by molar-refractivity contribution is 7.92. The number of halogens is 2. The van der Waals surface area contributed by atoms with Gasteiger partial charge in [-0.2, -0.15) is 0 Å². The average Bonchev–Trinajstić information content (AvgIpc) is 2.97. The lowest BCUT2D eigenvalue weighted by Crippen LogP contribution is -2.37. The van der Waals surface area contributed by atoms with Crippen LogP contribution in [0.4, 0.5) is 5.69 Å². The third kappa shape index (κ3) is 6.52. The number of ether oxygens (including phenoxy) is 1. The molecule has 30 heavy (non-hydrogen) atoms. The Labute approximate surface area is 187 Å². The summed E-state index contributed by atoms with van der Waals surface area (Å²) in [7, 11) is -3.83. The van der Waals surface area contributed by atoms with Crippen molar-refractivity contribution in [2.45, 2.75) is 49.5 Å². The molecule has 6 nitrogen and oxygen atoms in total. The maximum atomic E-state index is 12.6. The lowest BCUT2D eigenvalue weighted by molar-refractivity contribution is -0.123. The number of hydrogen-bond donors (Lipinski definition) is 2. The lowest BCUT2D eigenvalue weighted by Gasteiger charge is -2.16. The van der Waals surface area contributed by atoms with Gasteiger partial charge in [-0.3, -0.25) is 9.52 Å². The molecule has 0 heterocycles. The van der Waals surface area contributed by atoms with Crippen LogP contribution in [0, 0.1) is 0 Å². The number of rotatable bonds is 7. The molecule has 162 valence electrons. The summed E-state index contributed by atoms with van der Waals surface area (Å²) < 4.78 is 33.1. The smallest absolute Gasteiger partial charge is 0.261 e. The molecule has 1 aliphatic rings. The van der Waals surface area contributed by atoms with Crippen LogP contribution in [-0.2, 0) is 14.8 Å². The van der Waals surface area contributed by atoms with E-state index >= 15 is 0 Å². The molecule has 3 rings (SSSR count). The van der Waals surface area contributed by atoms with Gasteiger partial charge < -0.3 is 10.1 Å². The SMILES string of the molecule is O=C(COc1ccc(S(=O)(=O)Nc2ccc(Cl)cc2)cc1Cl)NC1CCCCCC1. The molecule has 2 aromatic carbocycles. The minimum atomic E-state index is -3.83. The quantitative estimate of drug-likeness (QED) is 0.556. The van der Waals surface area contributed by atoms with Crippen molar-refractivity contribution in [1.82, 2.24) is 5.32 Å². The highest BCUT2D eigenvalue weighted by Gasteiger charge is 2.18. The predicted molar refractivity (Wildman–Crippen MR) is 119 cm³/mol. The predicted octanol–water partition coefficient (Wildman–Crippen LogP) is 5.01. The first-order valence-electron chi connectivity index (χ1n) is 9.83. The van der Waals surface area contributed by atoms with Crippen LogP contribution in [0.1, 0.15) is 38.5 Å². The first-order valence-corrected chi connectivity index (χ1v) is 12.1. The number of hydrogen-bond acceptors (Lipinski definition) is 4. The number of carbonyl (C=O) groups excluding carboxylic acids is 1. The van der Waals surface area contributed by atoms with Gasteiger partial charge in [-0.1, -0.05) is 48.9 Å². The lowest BCUT2D eigenvalue weighted by atomic mass is 10.1. The molecule has 2 aromatic rings. The van der Waals surface area contributed by atoms with Crippen molar-refractivity contribution in [2.24, 2.45) is 0 Å². The number of sulfonamides is 1. The zero-order chi connectivity index (χ0) is 21.6. The van der Waals surface area contributed by atoms with Gasteiger partial charge in [-0.15, -0.1) is 0 Å². The van der Waals surface area contributed by atoms with Crippen molar-refractivity contribution >= 4 is 44.8 Å². The van der Waals surface area contributed by atoms with Crippen LogP contribution in [0.2, 0.25) is 10.0 Å². The first-order chi connectivity index (χ1) is 14.3. The number of anilines is 1. The van der Waals surface area contributed by atoms with Crippen molar-refractivity contribution < 1.29 is 17.9 Å². The zero-order valence-electron chi connectivity index (χ0n) is 16.4. The molecule has 0 bridgehead atoms. The topological polar surface area (TPSA) is 84.5 Å². The van der Waals surface area contributed by atoms with E-state index in [0.29, 0.717) is 10.7 Å². The first kappa shape index (κ1) is 22.7. The number of nitrogens with one attached hydrogen (secondary N) is 2. The largest absolute Gasteiger partial charge is 0.482 e. The van der Waals surface area contributed by atoms with Gasteiger partial charge >= 0.3 is 0 Å². The number of amides is 1. The van der Waals surface area contributed by atoms with Gasteiger partial charge in [0, 0.05) is 16.8 Å². The van der Waals surface area contributed by atoms with Crippen molar-refractivity contribution in [3.05, 3.63) is 52.5 Å². The zero-order valence-corrected chi connectivity index (χ0v) is 18.7. The Morgan fingerprint density at radius 2 is 1.67 bits per heavy atom. The van der Waals surface area contributed by atoms with Crippen LogP contribution in [0.15, 0.2) is 47.4 Å². The van der Waals surface area contributed by atoms with Gasteiger partial charge in [-0.05, 0) is 55.3 Å². The summed E-state index contributed by atoms with van der Waals surface area (Å²) in [5.74, 6) is 0.0391. The minimum absolute atomic E-state index is 0.0160. The summed E-state index contributed by atoms with van der Waals surface area (Å²) in [4.78, 5) is 12.2. The number of carbonyl (C=O) groups is 1. The average molecular weight is 471 g/mol. The minimum Gasteiger partial charge on any atom is -0.482 e. The second-order valence-electron chi connectivity index (χ2n) is 7.25. The molecule has 1 saturated carbocycles. The van der Waals surface area contributed by atoms with Gasteiger partial charge in [0.1, 0.15) is 5.75 Å². The Bertz CT molecular complexity index is 973. The summed E-state index contributed by atoms with van der Waals surface area (Å²) in [6, 6.07) is 10.6. The summed E-state index contributed by atoms with van der Waals surface area (Å²) in [6.45, 7) is -0.175. The molecule has 1 fully saturated rings. The van der Waals surface area contributed by atoms with Crippen molar-refractivity contribution in [3.63, 3.8) is 0 Å². The third-order valence-electron chi connectivity index (χ3n) is 4.89. The Morgan fingerprint density at radius 3 is 2.30 bits per heavy atom. The van der Waals surface area contributed by atoms with Crippen LogP contribution in [-0.4, -0.2) is 27.0 Å². The monoisotopic (exact) mass is 470 g/mol. The normalized spacial score (nSPS) is 15.3. The Kier molecular flexibility index (Phi) is 7.86. The molecular weight excluding hydrogens is 447 g/mol. The fraction of sp³-hybridized carbons (Fsp3) is 0.381. The van der Waals surface area contributed by atoms with Crippen LogP contribution < -0.4 is 14.8 Å². The summed E-state index contributed by atoms with van der Waals surface area (Å²) in [5, 5.41) is 3.61. The van der Waals surface area contributed by atoms with Crippen LogP contribution in [0.25, 0.3) is 0 Å². The molecule has 0 saturated heterocycles. The maximum absolute atomic E-state index is 12.6. The van der Waals surface area contributed by atoms with E-state index in [1.165, 1.54) is 31.0 Å². The van der Waals surface area contributed by atoms with Crippen molar-refractivity contribution in [1.29, 1.82) is 0 Å².